The van der Waals surface area contributed by atoms with Crippen LogP contribution in [0.4, 0.5) is 10.1 Å². The van der Waals surface area contributed by atoms with E-state index in [0.717, 1.165) is 28.0 Å². The smallest absolute Gasteiger partial charge is 0.262 e. The Morgan fingerprint density at radius 3 is 2.44 bits per heavy atom. The number of aliphatic imine (C=N–C) groups is 1. The summed E-state index contributed by atoms with van der Waals surface area (Å²) in [6.07, 6.45) is 0.592. The number of nitrogens with one attached hydrogen (secondary N) is 1. The average molecular weight is 501 g/mol. The lowest BCUT2D eigenvalue weighted by atomic mass is 9.99. The monoisotopic (exact) mass is 500 g/mol. The molecule has 0 spiro atoms. The minimum Gasteiger partial charge on any atom is -0.326 e. The number of carbonyl (C=O) groups is 2. The minimum absolute atomic E-state index is 0.00774. The Morgan fingerprint density at radius 2 is 1.75 bits per heavy atom. The summed E-state index contributed by atoms with van der Waals surface area (Å²) in [5, 5.41) is 9.26. The lowest BCUT2D eigenvalue weighted by Gasteiger charge is -2.23. The number of amides is 2. The molecule has 2 atom stereocenters. The molecule has 5 rings (SSSR count). The largest absolute Gasteiger partial charge is 0.326 e. The van der Waals surface area contributed by atoms with Crippen molar-refractivity contribution in [2.24, 2.45) is 10.1 Å². The van der Waals surface area contributed by atoms with E-state index in [1.54, 1.807) is 17.1 Å². The van der Waals surface area contributed by atoms with Gasteiger partial charge >= 0.3 is 0 Å². The van der Waals surface area contributed by atoms with Crippen LogP contribution in [0, 0.1) is 19.7 Å². The van der Waals surface area contributed by atoms with Crippen LogP contribution in [-0.4, -0.2) is 33.0 Å². The number of halogens is 1. The molecular formula is C28H25FN4O2S. The minimum atomic E-state index is -0.629. The van der Waals surface area contributed by atoms with Crippen molar-refractivity contribution in [3.8, 4) is 0 Å². The second-order valence-electron chi connectivity index (χ2n) is 9.00. The zero-order valence-corrected chi connectivity index (χ0v) is 20.8. The van der Waals surface area contributed by atoms with Crippen molar-refractivity contribution in [1.82, 2.24) is 5.01 Å². The predicted molar refractivity (Wildman–Crippen MR) is 142 cm³/mol. The highest BCUT2D eigenvalue weighted by Crippen LogP contribution is 2.38. The van der Waals surface area contributed by atoms with Crippen molar-refractivity contribution in [2.45, 2.75) is 38.0 Å². The van der Waals surface area contributed by atoms with Crippen LogP contribution in [0.1, 0.15) is 41.1 Å². The van der Waals surface area contributed by atoms with Crippen LogP contribution < -0.4 is 5.32 Å². The molecule has 2 unspecified atom stereocenters. The van der Waals surface area contributed by atoms with Gasteiger partial charge in [-0.15, -0.1) is 0 Å². The van der Waals surface area contributed by atoms with E-state index >= 15 is 0 Å². The molecule has 2 amide bonds. The van der Waals surface area contributed by atoms with Crippen LogP contribution in [-0.2, 0) is 9.59 Å². The third-order valence-electron chi connectivity index (χ3n) is 6.07. The van der Waals surface area contributed by atoms with Crippen molar-refractivity contribution in [3.05, 3.63) is 101 Å². The van der Waals surface area contributed by atoms with E-state index in [4.69, 9.17) is 5.10 Å². The number of hydrazone groups is 1. The lowest BCUT2D eigenvalue weighted by Crippen LogP contribution is -2.25. The van der Waals surface area contributed by atoms with Gasteiger partial charge in [0.05, 0.1) is 11.8 Å². The maximum absolute atomic E-state index is 13.6. The lowest BCUT2D eigenvalue weighted by molar-refractivity contribution is -0.121. The Balaban J connectivity index is 1.34. The summed E-state index contributed by atoms with van der Waals surface area (Å²) in [5.41, 5.74) is 5.52. The number of aryl methyl sites for hydroxylation is 2. The summed E-state index contributed by atoms with van der Waals surface area (Å²) in [6, 6.07) is 21.7. The molecule has 36 heavy (non-hydrogen) atoms. The first-order valence-electron chi connectivity index (χ1n) is 11.7. The molecule has 0 fully saturated rings. The normalized spacial score (nSPS) is 19.3. The Kier molecular flexibility index (Phi) is 6.69. The van der Waals surface area contributed by atoms with Crippen LogP contribution in [0.2, 0.25) is 0 Å². The number of nitrogens with zero attached hydrogens (tertiary/aromatic N) is 3. The topological polar surface area (TPSA) is 74.1 Å². The maximum Gasteiger partial charge on any atom is 0.262 e. The van der Waals surface area contributed by atoms with Crippen molar-refractivity contribution >= 4 is 40.1 Å². The Hall–Kier alpha value is -3.78. The average Bonchev–Trinajstić information content (AvgIpc) is 3.43. The van der Waals surface area contributed by atoms with Crippen molar-refractivity contribution in [3.63, 3.8) is 0 Å². The summed E-state index contributed by atoms with van der Waals surface area (Å²) in [4.78, 5) is 29.7. The van der Waals surface area contributed by atoms with Crippen LogP contribution in [0.15, 0.2) is 82.9 Å². The molecule has 0 saturated heterocycles. The van der Waals surface area contributed by atoms with Gasteiger partial charge < -0.3 is 5.32 Å². The number of hydrogen-bond donors (Lipinski definition) is 1. The van der Waals surface area contributed by atoms with Gasteiger partial charge in [0.25, 0.3) is 5.91 Å². The molecule has 3 aromatic rings. The van der Waals surface area contributed by atoms with E-state index in [9.17, 15) is 14.0 Å². The molecule has 2 aliphatic heterocycles. The quantitative estimate of drug-likeness (QED) is 0.493. The van der Waals surface area contributed by atoms with Crippen LogP contribution in [0.3, 0.4) is 0 Å². The highest BCUT2D eigenvalue weighted by molar-refractivity contribution is 8.15. The fourth-order valence-electron chi connectivity index (χ4n) is 4.47. The van der Waals surface area contributed by atoms with Gasteiger partial charge in [-0.25, -0.2) is 9.40 Å². The number of thioether (sulfide) groups is 1. The van der Waals surface area contributed by atoms with Gasteiger partial charge in [0, 0.05) is 18.5 Å². The first-order valence-corrected chi connectivity index (χ1v) is 12.6. The molecule has 182 valence electrons. The summed E-state index contributed by atoms with van der Waals surface area (Å²) >= 11 is 1.24. The Morgan fingerprint density at radius 1 is 1.06 bits per heavy atom. The summed E-state index contributed by atoms with van der Waals surface area (Å²) < 4.78 is 13.6. The first kappa shape index (κ1) is 23.9. The third-order valence-corrected chi connectivity index (χ3v) is 7.22. The zero-order valence-electron chi connectivity index (χ0n) is 19.9. The van der Waals surface area contributed by atoms with Gasteiger partial charge in [-0.1, -0.05) is 60.3 Å². The van der Waals surface area contributed by atoms with E-state index in [0.29, 0.717) is 17.3 Å². The Bertz CT molecular complexity index is 1350. The van der Waals surface area contributed by atoms with E-state index in [1.165, 1.54) is 23.9 Å². The van der Waals surface area contributed by atoms with Crippen molar-refractivity contribution in [2.75, 3.05) is 5.32 Å². The highest BCUT2D eigenvalue weighted by Gasteiger charge is 2.39. The fourth-order valence-corrected chi connectivity index (χ4v) is 5.53. The summed E-state index contributed by atoms with van der Waals surface area (Å²) in [7, 11) is 0. The van der Waals surface area contributed by atoms with E-state index in [-0.39, 0.29) is 30.1 Å². The number of carbonyl (C=O) groups excluding carboxylic acids is 2. The molecule has 3 aromatic carbocycles. The van der Waals surface area contributed by atoms with E-state index in [1.807, 2.05) is 62.4 Å². The molecule has 0 saturated carbocycles. The fraction of sp³-hybridized carbons (Fsp3) is 0.214. The number of anilines is 1. The Labute approximate surface area is 213 Å². The molecule has 0 radical (unpaired) electrons. The standard InChI is InChI=1S/C28H25FN4O2S/c1-17-12-18(2)14-22(13-17)30-26(34)16-25-27(35)31-28(36-25)33-24(20-8-10-21(29)11-9-20)15-23(32-33)19-6-4-3-5-7-19/h3-14,24-25H,15-16H2,1-2H3,(H,30,34). The predicted octanol–water partition coefficient (Wildman–Crippen LogP) is 5.62. The van der Waals surface area contributed by atoms with Gasteiger partial charge in [0.1, 0.15) is 11.1 Å². The van der Waals surface area contributed by atoms with Crippen LogP contribution >= 0.6 is 11.8 Å². The number of rotatable bonds is 5. The number of benzene rings is 3. The van der Waals surface area contributed by atoms with Crippen LogP contribution in [0.5, 0.6) is 0 Å². The molecule has 0 aromatic heterocycles. The van der Waals surface area contributed by atoms with Gasteiger partial charge in [0.2, 0.25) is 5.91 Å². The molecule has 2 heterocycles. The second kappa shape index (κ2) is 10.1. The van der Waals surface area contributed by atoms with Crippen molar-refractivity contribution in [1.29, 1.82) is 0 Å². The molecule has 0 bridgehead atoms. The van der Waals surface area contributed by atoms with Gasteiger partial charge in [0.15, 0.2) is 5.17 Å². The molecule has 8 heteroatoms. The maximum atomic E-state index is 13.6. The highest BCUT2D eigenvalue weighted by atomic mass is 32.2. The molecule has 1 N–H and O–H groups in total. The SMILES string of the molecule is Cc1cc(C)cc(NC(=O)CC2SC(N3N=C(c4ccccc4)CC3c3ccc(F)cc3)=NC2=O)c1. The molecule has 2 aliphatic rings. The first-order chi connectivity index (χ1) is 17.4. The summed E-state index contributed by atoms with van der Waals surface area (Å²) in [5.74, 6) is -0.913. The second-order valence-corrected chi connectivity index (χ2v) is 10.2. The van der Waals surface area contributed by atoms with Gasteiger partial charge in [-0.05, 0) is 60.4 Å². The molecule has 6 nitrogen and oxygen atoms in total. The van der Waals surface area contributed by atoms with Crippen LogP contribution in [0.25, 0.3) is 0 Å². The molecule has 0 aliphatic carbocycles. The third kappa shape index (κ3) is 5.23. The summed E-state index contributed by atoms with van der Waals surface area (Å²) in [6.45, 7) is 3.94. The van der Waals surface area contributed by atoms with E-state index < -0.39 is 5.25 Å². The van der Waals surface area contributed by atoms with Crippen molar-refractivity contribution < 1.29 is 14.0 Å². The van der Waals surface area contributed by atoms with E-state index in [2.05, 4.69) is 10.3 Å². The van der Waals surface area contributed by atoms with Gasteiger partial charge in [-0.3, -0.25) is 9.59 Å². The molecular weight excluding hydrogens is 475 g/mol. The number of amidine groups is 1. The number of hydrogen-bond acceptors (Lipinski definition) is 5. The van der Waals surface area contributed by atoms with Gasteiger partial charge in [-0.2, -0.15) is 10.1 Å². The zero-order chi connectivity index (χ0) is 25.2.